The highest BCUT2D eigenvalue weighted by Gasteiger charge is 2.52. The largest absolute Gasteiger partial charge is 0.366 e. The molecule has 2 fully saturated rings. The summed E-state index contributed by atoms with van der Waals surface area (Å²) in [5.41, 5.74) is 0.493. The summed E-state index contributed by atoms with van der Waals surface area (Å²) in [6.45, 7) is 13.8. The van der Waals surface area contributed by atoms with Gasteiger partial charge in [0.25, 0.3) is 0 Å². The van der Waals surface area contributed by atoms with Gasteiger partial charge in [0.2, 0.25) is 0 Å². The summed E-state index contributed by atoms with van der Waals surface area (Å²) >= 11 is 0. The number of ether oxygens (including phenoxy) is 1. The molecule has 2 aliphatic rings. The minimum absolute atomic E-state index is 0.0685. The Balaban J connectivity index is 2.27. The predicted octanol–water partition coefficient (Wildman–Crippen LogP) is 4.14. The van der Waals surface area contributed by atoms with Crippen molar-refractivity contribution in [3.8, 4) is 0 Å². The fraction of sp³-hybridized carbons (Fsp3) is 1.00. The van der Waals surface area contributed by atoms with Crippen molar-refractivity contribution in [3.63, 3.8) is 0 Å². The topological polar surface area (TPSA) is 21.3 Å². The fourth-order valence-electron chi connectivity index (χ4n) is 4.42. The van der Waals surface area contributed by atoms with Crippen molar-refractivity contribution in [2.75, 3.05) is 13.1 Å². The summed E-state index contributed by atoms with van der Waals surface area (Å²) < 4.78 is 6.88. The van der Waals surface area contributed by atoms with Crippen LogP contribution in [0.2, 0.25) is 0 Å². The molecule has 0 amide bonds. The Bertz CT molecular complexity index is 299. The van der Waals surface area contributed by atoms with E-state index in [9.17, 15) is 0 Å². The summed E-state index contributed by atoms with van der Waals surface area (Å²) in [6, 6.07) is 0. The Labute approximate surface area is 119 Å². The molecule has 0 aromatic heterocycles. The number of hydrogen-bond acceptors (Lipinski definition) is 2. The molecule has 2 nitrogen and oxygen atoms in total. The molecule has 19 heavy (non-hydrogen) atoms. The fourth-order valence-corrected chi connectivity index (χ4v) is 4.42. The van der Waals surface area contributed by atoms with Crippen LogP contribution in [0.3, 0.4) is 0 Å². The van der Waals surface area contributed by atoms with E-state index in [2.05, 4.69) is 39.9 Å². The standard InChI is InChI=1S/C17H33NO/c1-6-16(7-2)12-18-13-17(19-16)11-9-8-10-14(17)15(3,4)5/h14,18H,6-13H2,1-5H3. The molecule has 0 aromatic rings. The second-order valence-corrected chi connectivity index (χ2v) is 7.82. The Hall–Kier alpha value is -0.0800. The van der Waals surface area contributed by atoms with Gasteiger partial charge in [-0.05, 0) is 37.0 Å². The molecule has 0 aromatic carbocycles. The molecule has 0 radical (unpaired) electrons. The van der Waals surface area contributed by atoms with Gasteiger partial charge >= 0.3 is 0 Å². The van der Waals surface area contributed by atoms with Crippen molar-refractivity contribution >= 4 is 0 Å². The first-order valence-corrected chi connectivity index (χ1v) is 8.28. The zero-order valence-electron chi connectivity index (χ0n) is 13.6. The van der Waals surface area contributed by atoms with Crippen molar-refractivity contribution in [2.24, 2.45) is 11.3 Å². The van der Waals surface area contributed by atoms with E-state index in [4.69, 9.17) is 4.74 Å². The third kappa shape index (κ3) is 2.85. The smallest absolute Gasteiger partial charge is 0.0847 e. The molecule has 1 aliphatic heterocycles. The number of hydrogen-bond donors (Lipinski definition) is 1. The summed E-state index contributed by atoms with van der Waals surface area (Å²) in [4.78, 5) is 0. The third-order valence-electron chi connectivity index (χ3n) is 5.60. The van der Waals surface area contributed by atoms with Crippen molar-refractivity contribution in [2.45, 2.75) is 84.3 Å². The van der Waals surface area contributed by atoms with Crippen molar-refractivity contribution in [1.29, 1.82) is 0 Å². The number of nitrogens with one attached hydrogen (secondary N) is 1. The van der Waals surface area contributed by atoms with Gasteiger partial charge in [0.05, 0.1) is 11.2 Å². The molecule has 1 spiro atoms. The van der Waals surface area contributed by atoms with E-state index in [1.54, 1.807) is 0 Å². The van der Waals surface area contributed by atoms with E-state index in [0.717, 1.165) is 25.9 Å². The van der Waals surface area contributed by atoms with E-state index < -0.39 is 0 Å². The van der Waals surface area contributed by atoms with Crippen LogP contribution in [0.15, 0.2) is 0 Å². The Kier molecular flexibility index (Phi) is 4.32. The van der Waals surface area contributed by atoms with Gasteiger partial charge < -0.3 is 10.1 Å². The van der Waals surface area contributed by atoms with Crippen molar-refractivity contribution in [3.05, 3.63) is 0 Å². The van der Waals surface area contributed by atoms with E-state index in [-0.39, 0.29) is 11.2 Å². The lowest BCUT2D eigenvalue weighted by molar-refractivity contribution is -0.231. The van der Waals surface area contributed by atoms with E-state index >= 15 is 0 Å². The number of morpholine rings is 1. The van der Waals surface area contributed by atoms with Gasteiger partial charge in [-0.2, -0.15) is 0 Å². The average Bonchev–Trinajstić information content (AvgIpc) is 2.38. The molecule has 2 unspecified atom stereocenters. The molecule has 1 aliphatic carbocycles. The third-order valence-corrected chi connectivity index (χ3v) is 5.60. The molecule has 2 atom stereocenters. The maximum Gasteiger partial charge on any atom is 0.0847 e. The molecule has 1 saturated carbocycles. The van der Waals surface area contributed by atoms with E-state index in [0.29, 0.717) is 11.3 Å². The summed E-state index contributed by atoms with van der Waals surface area (Å²) in [5, 5.41) is 3.72. The quantitative estimate of drug-likeness (QED) is 0.812. The van der Waals surface area contributed by atoms with Gasteiger partial charge in [-0.3, -0.25) is 0 Å². The SMILES string of the molecule is CCC1(CC)CNCC2(CCCCC2C(C)(C)C)O1. The predicted molar refractivity (Wildman–Crippen MR) is 81.4 cm³/mol. The highest BCUT2D eigenvalue weighted by Crippen LogP contribution is 2.49. The zero-order chi connectivity index (χ0) is 14.1. The number of rotatable bonds is 2. The van der Waals surface area contributed by atoms with Gasteiger partial charge in [-0.1, -0.05) is 47.5 Å². The molecule has 1 heterocycles. The molecule has 112 valence electrons. The molecule has 0 bridgehead atoms. The normalized spacial score (nSPS) is 35.5. The molecular formula is C17H33NO. The lowest BCUT2D eigenvalue weighted by atomic mass is 9.62. The van der Waals surface area contributed by atoms with Crippen LogP contribution >= 0.6 is 0 Å². The maximum atomic E-state index is 6.88. The average molecular weight is 267 g/mol. The van der Waals surface area contributed by atoms with Crippen LogP contribution in [0, 0.1) is 11.3 Å². The van der Waals surface area contributed by atoms with Crippen LogP contribution in [-0.4, -0.2) is 24.3 Å². The summed E-state index contributed by atoms with van der Waals surface area (Å²) in [5.74, 6) is 0.680. The lowest BCUT2D eigenvalue weighted by Gasteiger charge is -2.56. The maximum absolute atomic E-state index is 6.88. The first kappa shape index (κ1) is 15.3. The highest BCUT2D eigenvalue weighted by molar-refractivity contribution is 5.04. The Morgan fingerprint density at radius 3 is 2.37 bits per heavy atom. The zero-order valence-corrected chi connectivity index (χ0v) is 13.6. The molecule has 1 saturated heterocycles. The van der Waals surface area contributed by atoms with Crippen LogP contribution in [0.25, 0.3) is 0 Å². The summed E-state index contributed by atoms with van der Waals surface area (Å²) in [7, 11) is 0. The molecular weight excluding hydrogens is 234 g/mol. The monoisotopic (exact) mass is 267 g/mol. The Morgan fingerprint density at radius 2 is 1.79 bits per heavy atom. The van der Waals surface area contributed by atoms with Crippen LogP contribution < -0.4 is 5.32 Å². The van der Waals surface area contributed by atoms with Gasteiger partial charge in [-0.25, -0.2) is 0 Å². The van der Waals surface area contributed by atoms with Gasteiger partial charge in [0, 0.05) is 13.1 Å². The van der Waals surface area contributed by atoms with Crippen LogP contribution in [-0.2, 0) is 4.74 Å². The van der Waals surface area contributed by atoms with Gasteiger partial charge in [-0.15, -0.1) is 0 Å². The first-order valence-electron chi connectivity index (χ1n) is 8.28. The first-order chi connectivity index (χ1) is 8.87. The lowest BCUT2D eigenvalue weighted by Crippen LogP contribution is -2.65. The van der Waals surface area contributed by atoms with Gasteiger partial charge in [0.1, 0.15) is 0 Å². The molecule has 1 N–H and O–H groups in total. The minimum atomic E-state index is 0.0685. The molecule has 2 heteroatoms. The minimum Gasteiger partial charge on any atom is -0.366 e. The van der Waals surface area contributed by atoms with Crippen LogP contribution in [0.1, 0.15) is 73.1 Å². The van der Waals surface area contributed by atoms with E-state index in [1.807, 2.05) is 0 Å². The van der Waals surface area contributed by atoms with Crippen LogP contribution in [0.4, 0.5) is 0 Å². The van der Waals surface area contributed by atoms with Crippen molar-refractivity contribution in [1.82, 2.24) is 5.32 Å². The van der Waals surface area contributed by atoms with E-state index in [1.165, 1.54) is 25.7 Å². The highest BCUT2D eigenvalue weighted by atomic mass is 16.5. The second-order valence-electron chi connectivity index (χ2n) is 7.82. The van der Waals surface area contributed by atoms with Gasteiger partial charge in [0.15, 0.2) is 0 Å². The van der Waals surface area contributed by atoms with Crippen molar-refractivity contribution < 1.29 is 4.74 Å². The Morgan fingerprint density at radius 1 is 1.11 bits per heavy atom. The second kappa shape index (κ2) is 5.37. The van der Waals surface area contributed by atoms with Crippen LogP contribution in [0.5, 0.6) is 0 Å². The molecule has 2 rings (SSSR count). The summed E-state index contributed by atoms with van der Waals surface area (Å²) in [6.07, 6.45) is 7.51.